The SMILES string of the molecule is NC(=O)C1=C[NH+]([O-])C=C1. The molecule has 1 rings (SSSR count). The fourth-order valence-corrected chi connectivity index (χ4v) is 0.575. The summed E-state index contributed by atoms with van der Waals surface area (Å²) >= 11 is 0. The predicted molar refractivity (Wildman–Crippen MR) is 30.7 cm³/mol. The average Bonchev–Trinajstić information content (AvgIpc) is 2.14. The molecule has 48 valence electrons. The first kappa shape index (κ1) is 6.00. The topological polar surface area (TPSA) is 70.6 Å². The lowest BCUT2D eigenvalue weighted by atomic mass is 10.3. The maximum Gasteiger partial charge on any atom is 0.254 e. The summed E-state index contributed by atoms with van der Waals surface area (Å²) in [5.74, 6) is -0.558. The van der Waals surface area contributed by atoms with Gasteiger partial charge in [-0.2, -0.15) is 0 Å². The van der Waals surface area contributed by atoms with Gasteiger partial charge in [-0.25, -0.2) is 0 Å². The molecule has 4 nitrogen and oxygen atoms in total. The van der Waals surface area contributed by atoms with Crippen LogP contribution in [0.25, 0.3) is 0 Å². The van der Waals surface area contributed by atoms with Gasteiger partial charge in [0.25, 0.3) is 5.91 Å². The molecule has 0 aliphatic carbocycles. The maximum absolute atomic E-state index is 10.4. The molecule has 1 amide bonds. The highest BCUT2D eigenvalue weighted by molar-refractivity contribution is 5.94. The van der Waals surface area contributed by atoms with Crippen molar-refractivity contribution in [2.75, 3.05) is 0 Å². The van der Waals surface area contributed by atoms with Crippen LogP contribution in [0, 0.1) is 5.21 Å². The smallest absolute Gasteiger partial charge is 0.254 e. The standard InChI is InChI=1S/C5H6N2O2/c6-5(8)4-1-2-7(9)3-4/h1-3,7H,(H2,6,8). The van der Waals surface area contributed by atoms with E-state index in [1.807, 2.05) is 0 Å². The van der Waals surface area contributed by atoms with E-state index in [2.05, 4.69) is 0 Å². The Bertz CT molecular complexity index is 195. The van der Waals surface area contributed by atoms with Gasteiger partial charge in [-0.1, -0.05) is 0 Å². The Labute approximate surface area is 51.8 Å². The van der Waals surface area contributed by atoms with Gasteiger partial charge in [-0.3, -0.25) is 4.79 Å². The Morgan fingerprint density at radius 2 is 2.44 bits per heavy atom. The highest BCUT2D eigenvalue weighted by Crippen LogP contribution is 1.93. The molecular weight excluding hydrogens is 120 g/mol. The zero-order chi connectivity index (χ0) is 6.85. The average molecular weight is 126 g/mol. The second kappa shape index (κ2) is 2.00. The molecule has 0 bridgehead atoms. The van der Waals surface area contributed by atoms with Gasteiger partial charge >= 0.3 is 0 Å². The Kier molecular flexibility index (Phi) is 1.33. The van der Waals surface area contributed by atoms with Gasteiger partial charge in [-0.05, 0) is 0 Å². The number of hydrogen-bond acceptors (Lipinski definition) is 2. The van der Waals surface area contributed by atoms with Gasteiger partial charge in [0.1, 0.15) is 6.20 Å². The summed E-state index contributed by atoms with van der Waals surface area (Å²) in [6.07, 6.45) is 3.92. The number of nitrogens with one attached hydrogen (secondary N) is 1. The van der Waals surface area contributed by atoms with E-state index in [0.29, 0.717) is 0 Å². The first-order valence-electron chi connectivity index (χ1n) is 2.43. The zero-order valence-corrected chi connectivity index (χ0v) is 4.63. The van der Waals surface area contributed by atoms with Gasteiger partial charge in [-0.15, -0.1) is 0 Å². The van der Waals surface area contributed by atoms with Crippen molar-refractivity contribution in [3.63, 3.8) is 0 Å². The molecule has 0 radical (unpaired) electrons. The number of amides is 1. The molecule has 1 heterocycles. The van der Waals surface area contributed by atoms with Crippen LogP contribution in [0.3, 0.4) is 0 Å². The van der Waals surface area contributed by atoms with Crippen molar-refractivity contribution in [3.8, 4) is 0 Å². The lowest BCUT2D eigenvalue weighted by molar-refractivity contribution is -0.727. The molecular formula is C5H6N2O2. The van der Waals surface area contributed by atoms with E-state index in [1.54, 1.807) is 0 Å². The van der Waals surface area contributed by atoms with Crippen molar-refractivity contribution in [2.24, 2.45) is 5.73 Å². The van der Waals surface area contributed by atoms with Crippen LogP contribution in [-0.2, 0) is 4.79 Å². The van der Waals surface area contributed by atoms with E-state index in [-0.39, 0.29) is 10.6 Å². The third-order valence-electron chi connectivity index (χ3n) is 1.01. The van der Waals surface area contributed by atoms with Crippen molar-refractivity contribution in [2.45, 2.75) is 0 Å². The number of hydrogen-bond donors (Lipinski definition) is 2. The van der Waals surface area contributed by atoms with E-state index in [0.717, 1.165) is 0 Å². The molecule has 0 spiro atoms. The van der Waals surface area contributed by atoms with Gasteiger partial charge in [0.15, 0.2) is 0 Å². The number of hydroxylamine groups is 2. The molecule has 9 heavy (non-hydrogen) atoms. The summed E-state index contributed by atoms with van der Waals surface area (Å²) < 4.78 is 0. The third kappa shape index (κ3) is 1.16. The quantitative estimate of drug-likeness (QED) is 0.410. The highest BCUT2D eigenvalue weighted by atomic mass is 16.5. The molecule has 0 saturated heterocycles. The van der Waals surface area contributed by atoms with Gasteiger partial charge in [0.05, 0.1) is 11.8 Å². The van der Waals surface area contributed by atoms with Crippen LogP contribution in [0.5, 0.6) is 0 Å². The van der Waals surface area contributed by atoms with Crippen LogP contribution >= 0.6 is 0 Å². The summed E-state index contributed by atoms with van der Waals surface area (Å²) in [4.78, 5) is 10.3. The first-order chi connectivity index (χ1) is 4.20. The number of carbonyl (C=O) groups is 1. The Morgan fingerprint density at radius 1 is 1.78 bits per heavy atom. The number of primary amides is 1. The Hall–Kier alpha value is -1.13. The van der Waals surface area contributed by atoms with Crippen LogP contribution in [0.15, 0.2) is 24.0 Å². The highest BCUT2D eigenvalue weighted by Gasteiger charge is 2.08. The van der Waals surface area contributed by atoms with Crippen molar-refractivity contribution in [1.29, 1.82) is 0 Å². The fourth-order valence-electron chi connectivity index (χ4n) is 0.575. The monoisotopic (exact) mass is 126 g/mol. The summed E-state index contributed by atoms with van der Waals surface area (Å²) in [7, 11) is 0. The first-order valence-corrected chi connectivity index (χ1v) is 2.43. The molecule has 0 saturated carbocycles. The van der Waals surface area contributed by atoms with E-state index >= 15 is 0 Å². The normalized spacial score (nSPS) is 24.1. The van der Waals surface area contributed by atoms with Gasteiger partial charge in [0.2, 0.25) is 0 Å². The predicted octanol–water partition coefficient (Wildman–Crippen LogP) is -1.73. The lowest BCUT2D eigenvalue weighted by Crippen LogP contribution is -2.96. The minimum atomic E-state index is -0.558. The molecule has 0 aromatic carbocycles. The second-order valence-corrected chi connectivity index (χ2v) is 1.70. The zero-order valence-electron chi connectivity index (χ0n) is 4.63. The van der Waals surface area contributed by atoms with E-state index in [4.69, 9.17) is 5.73 Å². The number of rotatable bonds is 1. The molecule has 0 fully saturated rings. The van der Waals surface area contributed by atoms with Crippen LogP contribution < -0.4 is 10.8 Å². The summed E-state index contributed by atoms with van der Waals surface area (Å²) in [6, 6.07) is 0. The minimum absolute atomic E-state index is 0.177. The molecule has 0 aromatic heterocycles. The number of quaternary nitrogens is 1. The van der Waals surface area contributed by atoms with Crippen molar-refractivity contribution >= 4 is 5.91 Å². The molecule has 3 N–H and O–H groups in total. The van der Waals surface area contributed by atoms with Crippen LogP contribution in [-0.4, -0.2) is 5.91 Å². The molecule has 0 aromatic rings. The molecule has 1 aliphatic rings. The summed E-state index contributed by atoms with van der Waals surface area (Å²) in [6.45, 7) is 0. The van der Waals surface area contributed by atoms with Crippen LogP contribution in [0.4, 0.5) is 0 Å². The van der Waals surface area contributed by atoms with E-state index in [9.17, 15) is 10.0 Å². The molecule has 1 aliphatic heterocycles. The molecule has 1 atom stereocenters. The Morgan fingerprint density at radius 3 is 2.67 bits per heavy atom. The lowest BCUT2D eigenvalue weighted by Gasteiger charge is -2.04. The largest absolute Gasteiger partial charge is 0.624 e. The summed E-state index contributed by atoms with van der Waals surface area (Å²) in [5, 5.41) is 10.2. The van der Waals surface area contributed by atoms with E-state index < -0.39 is 5.91 Å². The van der Waals surface area contributed by atoms with Gasteiger partial charge in [0, 0.05) is 6.08 Å². The number of nitrogens with two attached hydrogens (primary N) is 1. The van der Waals surface area contributed by atoms with Crippen molar-refractivity contribution < 1.29 is 9.86 Å². The molecule has 4 heteroatoms. The van der Waals surface area contributed by atoms with Crippen LogP contribution in [0.1, 0.15) is 0 Å². The minimum Gasteiger partial charge on any atom is -0.624 e. The van der Waals surface area contributed by atoms with E-state index in [1.165, 1.54) is 18.5 Å². The Balaban J connectivity index is 2.75. The van der Waals surface area contributed by atoms with Gasteiger partial charge < -0.3 is 16.0 Å². The maximum atomic E-state index is 10.4. The van der Waals surface area contributed by atoms with Crippen LogP contribution in [0.2, 0.25) is 0 Å². The fraction of sp³-hybridized carbons (Fsp3) is 0. The second-order valence-electron chi connectivity index (χ2n) is 1.70. The third-order valence-corrected chi connectivity index (χ3v) is 1.01. The number of carbonyl (C=O) groups excluding carboxylic acids is 1. The summed E-state index contributed by atoms with van der Waals surface area (Å²) in [5.41, 5.74) is 5.13. The van der Waals surface area contributed by atoms with Crippen molar-refractivity contribution in [3.05, 3.63) is 29.3 Å². The molecule has 1 unspecified atom stereocenters. The van der Waals surface area contributed by atoms with Crippen molar-refractivity contribution in [1.82, 2.24) is 0 Å².